The minimum absolute atomic E-state index is 0.454. The highest BCUT2D eigenvalue weighted by molar-refractivity contribution is 5.67. The number of hydrogen-bond acceptors (Lipinski definition) is 1. The summed E-state index contributed by atoms with van der Waals surface area (Å²) in [6, 6.07) is 0. The summed E-state index contributed by atoms with van der Waals surface area (Å²) >= 11 is 0. The highest BCUT2D eigenvalue weighted by Gasteiger charge is 2.29. The van der Waals surface area contributed by atoms with Crippen molar-refractivity contribution in [3.05, 3.63) is 47.9 Å². The molecular weight excluding hydrogens is 218 g/mol. The summed E-state index contributed by atoms with van der Waals surface area (Å²) in [5.74, 6) is 1.18. The molecule has 0 aromatic carbocycles. The van der Waals surface area contributed by atoms with E-state index in [0.717, 1.165) is 29.2 Å². The number of nitrogens with zero attached hydrogens (tertiary/aromatic N) is 1. The Morgan fingerprint density at radius 1 is 1.11 bits per heavy atom. The van der Waals surface area contributed by atoms with E-state index in [0.29, 0.717) is 5.92 Å². The summed E-state index contributed by atoms with van der Waals surface area (Å²) in [5, 5.41) is 0. The lowest BCUT2D eigenvalue weighted by Gasteiger charge is -2.38. The molecule has 0 radical (unpaired) electrons. The Kier molecular flexibility index (Phi) is 4.61. The first-order valence-corrected chi connectivity index (χ1v) is 6.81. The van der Waals surface area contributed by atoms with Crippen molar-refractivity contribution in [3.8, 4) is 0 Å². The van der Waals surface area contributed by atoms with Gasteiger partial charge in [-0.15, -0.1) is 0 Å². The zero-order chi connectivity index (χ0) is 14.0. The highest BCUT2D eigenvalue weighted by Crippen LogP contribution is 2.43. The van der Waals surface area contributed by atoms with E-state index >= 15 is 0 Å². The Morgan fingerprint density at radius 3 is 2.11 bits per heavy atom. The van der Waals surface area contributed by atoms with Crippen LogP contribution < -0.4 is 0 Å². The Balaban J connectivity index is 2.91. The lowest BCUT2D eigenvalue weighted by Crippen LogP contribution is -2.28. The third-order valence-corrected chi connectivity index (χ3v) is 3.70. The monoisotopic (exact) mass is 245 g/mol. The summed E-state index contributed by atoms with van der Waals surface area (Å²) in [6.07, 6.45) is 2.30. The topological polar surface area (TPSA) is 3.24 Å². The quantitative estimate of drug-likeness (QED) is 0.643. The zero-order valence-electron chi connectivity index (χ0n) is 12.6. The lowest BCUT2D eigenvalue weighted by atomic mass is 9.79. The van der Waals surface area contributed by atoms with Crippen LogP contribution in [0.1, 0.15) is 40.5 Å². The Morgan fingerprint density at radius 2 is 1.67 bits per heavy atom. The molecule has 1 heteroatoms. The van der Waals surface area contributed by atoms with Gasteiger partial charge in [0.15, 0.2) is 0 Å². The van der Waals surface area contributed by atoms with Crippen molar-refractivity contribution in [2.24, 2.45) is 11.8 Å². The Labute approximate surface area is 113 Å². The number of rotatable bonds is 6. The number of allylic oxidation sites excluding steroid dienone is 3. The van der Waals surface area contributed by atoms with Crippen LogP contribution >= 0.6 is 0 Å². The summed E-state index contributed by atoms with van der Waals surface area (Å²) in [6.45, 7) is 21.3. The van der Waals surface area contributed by atoms with E-state index in [9.17, 15) is 0 Å². The highest BCUT2D eigenvalue weighted by atomic mass is 15.1. The van der Waals surface area contributed by atoms with Gasteiger partial charge >= 0.3 is 0 Å². The van der Waals surface area contributed by atoms with Crippen LogP contribution in [0, 0.1) is 11.8 Å². The van der Waals surface area contributed by atoms with E-state index in [2.05, 4.69) is 59.4 Å². The van der Waals surface area contributed by atoms with E-state index in [1.54, 1.807) is 0 Å². The van der Waals surface area contributed by atoms with Gasteiger partial charge in [0.1, 0.15) is 0 Å². The molecule has 0 bridgehead atoms. The minimum atomic E-state index is 0.454. The predicted molar refractivity (Wildman–Crippen MR) is 81.1 cm³/mol. The van der Waals surface area contributed by atoms with Crippen molar-refractivity contribution in [1.82, 2.24) is 4.90 Å². The van der Waals surface area contributed by atoms with Gasteiger partial charge in [0.25, 0.3) is 0 Å². The molecule has 1 aliphatic rings. The standard InChI is InChI=1S/C17H27N/c1-11(2)9-10-16-13(5)14(6)17(16)18(8)15(7)12(3)4/h11-12H,5-7,9-10H2,1-4,8H3. The van der Waals surface area contributed by atoms with Crippen molar-refractivity contribution < 1.29 is 0 Å². The third-order valence-electron chi connectivity index (χ3n) is 3.70. The third kappa shape index (κ3) is 2.77. The summed E-state index contributed by atoms with van der Waals surface area (Å²) in [4.78, 5) is 2.19. The molecule has 0 spiro atoms. The van der Waals surface area contributed by atoms with Crippen molar-refractivity contribution in [2.45, 2.75) is 40.5 Å². The second-order valence-corrected chi connectivity index (χ2v) is 5.92. The fourth-order valence-corrected chi connectivity index (χ4v) is 2.23. The second kappa shape index (κ2) is 5.60. The van der Waals surface area contributed by atoms with Crippen LogP contribution in [-0.4, -0.2) is 11.9 Å². The fourth-order valence-electron chi connectivity index (χ4n) is 2.23. The SMILES string of the molecule is C=C1C(=C)C(N(C)C(=C)C(C)C)=C1CCC(C)C. The molecule has 1 nitrogen and oxygen atoms in total. The first-order valence-electron chi connectivity index (χ1n) is 6.81. The lowest BCUT2D eigenvalue weighted by molar-refractivity contribution is 0.447. The van der Waals surface area contributed by atoms with Gasteiger partial charge in [-0.1, -0.05) is 47.4 Å². The van der Waals surface area contributed by atoms with Crippen LogP contribution in [-0.2, 0) is 0 Å². The molecule has 1 rings (SSSR count). The molecule has 0 aromatic rings. The molecule has 0 fully saturated rings. The fraction of sp³-hybridized carbons (Fsp3) is 0.529. The van der Waals surface area contributed by atoms with Crippen molar-refractivity contribution in [2.75, 3.05) is 7.05 Å². The van der Waals surface area contributed by atoms with Gasteiger partial charge in [0, 0.05) is 12.7 Å². The average Bonchev–Trinajstić information content (AvgIpc) is 2.30. The Hall–Kier alpha value is -1.24. The van der Waals surface area contributed by atoms with Crippen LogP contribution in [0.3, 0.4) is 0 Å². The van der Waals surface area contributed by atoms with Gasteiger partial charge in [-0.25, -0.2) is 0 Å². The first kappa shape index (κ1) is 14.8. The van der Waals surface area contributed by atoms with Gasteiger partial charge in [0.05, 0.1) is 5.70 Å². The predicted octanol–water partition coefficient (Wildman–Crippen LogP) is 4.90. The van der Waals surface area contributed by atoms with Crippen LogP contribution in [0.2, 0.25) is 0 Å². The normalized spacial score (nSPS) is 15.5. The molecule has 1 aliphatic carbocycles. The van der Waals surface area contributed by atoms with Gasteiger partial charge in [-0.3, -0.25) is 0 Å². The van der Waals surface area contributed by atoms with E-state index in [1.165, 1.54) is 17.7 Å². The van der Waals surface area contributed by atoms with Crippen LogP contribution in [0.15, 0.2) is 47.9 Å². The molecule has 0 heterocycles. The Bertz CT molecular complexity index is 407. The van der Waals surface area contributed by atoms with E-state index < -0.39 is 0 Å². The molecule has 0 aromatic heterocycles. The van der Waals surface area contributed by atoms with Crippen molar-refractivity contribution in [1.29, 1.82) is 0 Å². The molecule has 100 valence electrons. The molecule has 0 amide bonds. The summed E-state index contributed by atoms with van der Waals surface area (Å²) in [5.41, 5.74) is 5.98. The van der Waals surface area contributed by atoms with Gasteiger partial charge < -0.3 is 4.90 Å². The van der Waals surface area contributed by atoms with Gasteiger partial charge in [-0.2, -0.15) is 0 Å². The van der Waals surface area contributed by atoms with Crippen molar-refractivity contribution in [3.63, 3.8) is 0 Å². The first-order chi connectivity index (χ1) is 8.27. The summed E-state index contributed by atoms with van der Waals surface area (Å²) < 4.78 is 0. The smallest absolute Gasteiger partial charge is 0.0517 e. The summed E-state index contributed by atoms with van der Waals surface area (Å²) in [7, 11) is 2.09. The molecule has 0 saturated carbocycles. The van der Waals surface area contributed by atoms with Crippen LogP contribution in [0.4, 0.5) is 0 Å². The van der Waals surface area contributed by atoms with Crippen molar-refractivity contribution >= 4 is 0 Å². The minimum Gasteiger partial charge on any atom is -0.348 e. The van der Waals surface area contributed by atoms with Gasteiger partial charge in [-0.05, 0) is 41.4 Å². The zero-order valence-corrected chi connectivity index (χ0v) is 12.6. The molecule has 18 heavy (non-hydrogen) atoms. The molecule has 0 saturated heterocycles. The van der Waals surface area contributed by atoms with Gasteiger partial charge in [0.2, 0.25) is 0 Å². The molecule has 0 atom stereocenters. The second-order valence-electron chi connectivity index (χ2n) is 5.92. The average molecular weight is 245 g/mol. The van der Waals surface area contributed by atoms with Crippen LogP contribution in [0.5, 0.6) is 0 Å². The van der Waals surface area contributed by atoms with E-state index in [-0.39, 0.29) is 0 Å². The molecule has 0 unspecified atom stereocenters. The molecular formula is C17H27N. The maximum absolute atomic E-state index is 4.17. The maximum atomic E-state index is 4.17. The van der Waals surface area contributed by atoms with E-state index in [4.69, 9.17) is 0 Å². The number of hydrogen-bond donors (Lipinski definition) is 0. The van der Waals surface area contributed by atoms with E-state index in [1.807, 2.05) is 0 Å². The molecule has 0 aliphatic heterocycles. The largest absolute Gasteiger partial charge is 0.348 e. The number of likely N-dealkylation sites (N-methyl/N-ethyl adjacent to an activating group) is 1. The van der Waals surface area contributed by atoms with Crippen LogP contribution in [0.25, 0.3) is 0 Å². The molecule has 0 N–H and O–H groups in total. The maximum Gasteiger partial charge on any atom is 0.0517 e.